The Morgan fingerprint density at radius 1 is 0.704 bits per heavy atom. The Bertz CT molecular complexity index is 432. The number of rotatable bonds is 19. The summed E-state index contributed by atoms with van der Waals surface area (Å²) < 4.78 is 5.75. The highest BCUT2D eigenvalue weighted by molar-refractivity contribution is 5.27. The van der Waals surface area contributed by atoms with Crippen LogP contribution in [0.15, 0.2) is 24.3 Å². The quantitative estimate of drug-likeness (QED) is 0.254. The molecule has 0 aliphatic rings. The number of ether oxygens (including phenoxy) is 1. The van der Waals surface area contributed by atoms with E-state index >= 15 is 0 Å². The van der Waals surface area contributed by atoms with Crippen molar-refractivity contribution in [2.45, 2.75) is 104 Å². The van der Waals surface area contributed by atoms with Crippen LogP contribution >= 0.6 is 0 Å². The Morgan fingerprint density at radius 3 is 1.81 bits per heavy atom. The zero-order valence-corrected chi connectivity index (χ0v) is 18.2. The van der Waals surface area contributed by atoms with Crippen LogP contribution in [0.2, 0.25) is 0 Å². The van der Waals surface area contributed by atoms with Crippen molar-refractivity contribution < 1.29 is 4.74 Å². The molecule has 0 saturated carbocycles. The van der Waals surface area contributed by atoms with Crippen LogP contribution in [0.3, 0.4) is 0 Å². The summed E-state index contributed by atoms with van der Waals surface area (Å²) >= 11 is 0. The van der Waals surface area contributed by atoms with Gasteiger partial charge in [0, 0.05) is 6.54 Å². The molecule has 156 valence electrons. The number of unbranched alkanes of at least 4 members (excludes halogenated alkanes) is 13. The summed E-state index contributed by atoms with van der Waals surface area (Å²) in [6, 6.07) is 8.27. The molecule has 27 heavy (non-hydrogen) atoms. The van der Waals surface area contributed by atoms with Crippen molar-refractivity contribution in [1.29, 1.82) is 0 Å². The molecule has 2 nitrogen and oxygen atoms in total. The molecule has 0 saturated heterocycles. The first-order valence-corrected chi connectivity index (χ1v) is 11.7. The number of nitrogens with one attached hydrogen (secondary N) is 1. The van der Waals surface area contributed by atoms with Crippen LogP contribution < -0.4 is 10.1 Å². The van der Waals surface area contributed by atoms with E-state index in [-0.39, 0.29) is 0 Å². The Balaban J connectivity index is 1.72. The van der Waals surface area contributed by atoms with Crippen molar-refractivity contribution in [2.75, 3.05) is 19.7 Å². The van der Waals surface area contributed by atoms with Gasteiger partial charge in [0.25, 0.3) is 0 Å². The van der Waals surface area contributed by atoms with Gasteiger partial charge in [-0.25, -0.2) is 0 Å². The molecule has 0 fully saturated rings. The molecule has 1 aromatic carbocycles. The minimum atomic E-state index is 0.752. The fourth-order valence-electron chi connectivity index (χ4n) is 3.52. The lowest BCUT2D eigenvalue weighted by atomic mass is 10.0. The van der Waals surface area contributed by atoms with E-state index in [9.17, 15) is 0 Å². The van der Waals surface area contributed by atoms with Gasteiger partial charge in [-0.2, -0.15) is 0 Å². The molecular weight excluding hydrogens is 330 g/mol. The van der Waals surface area contributed by atoms with E-state index in [1.54, 1.807) is 0 Å². The normalized spacial score (nSPS) is 11.0. The zero-order valence-electron chi connectivity index (χ0n) is 18.2. The van der Waals surface area contributed by atoms with Gasteiger partial charge in [-0.15, -0.1) is 0 Å². The number of hydrogen-bond donors (Lipinski definition) is 1. The maximum absolute atomic E-state index is 5.75. The fourth-order valence-corrected chi connectivity index (χ4v) is 3.52. The van der Waals surface area contributed by atoms with Gasteiger partial charge < -0.3 is 10.1 Å². The van der Waals surface area contributed by atoms with Crippen molar-refractivity contribution >= 4 is 0 Å². The smallest absolute Gasteiger partial charge is 0.119 e. The SMILES string of the molecule is CCCCCCCCCCCCCCCCNCCOc1cccc(C)c1. The van der Waals surface area contributed by atoms with Gasteiger partial charge in [-0.1, -0.05) is 103 Å². The van der Waals surface area contributed by atoms with Crippen molar-refractivity contribution in [2.24, 2.45) is 0 Å². The maximum Gasteiger partial charge on any atom is 0.119 e. The summed E-state index contributed by atoms with van der Waals surface area (Å²) in [6.07, 6.45) is 19.9. The average molecular weight is 376 g/mol. The summed E-state index contributed by atoms with van der Waals surface area (Å²) in [6.45, 7) is 7.20. The van der Waals surface area contributed by atoms with Crippen LogP contribution in [0.1, 0.15) is 102 Å². The average Bonchev–Trinajstić information content (AvgIpc) is 2.67. The molecule has 0 aliphatic heterocycles. The lowest BCUT2D eigenvalue weighted by Gasteiger charge is -2.08. The standard InChI is InChI=1S/C25H45NO/c1-3-4-5-6-7-8-9-10-11-12-13-14-15-16-20-26-21-22-27-25-19-17-18-24(2)23-25/h17-19,23,26H,3-16,20-22H2,1-2H3. The van der Waals surface area contributed by atoms with Crippen LogP contribution in [-0.4, -0.2) is 19.7 Å². The number of benzene rings is 1. The van der Waals surface area contributed by atoms with E-state index < -0.39 is 0 Å². The predicted molar refractivity (Wildman–Crippen MR) is 120 cm³/mol. The summed E-state index contributed by atoms with van der Waals surface area (Å²) in [5.74, 6) is 0.980. The lowest BCUT2D eigenvalue weighted by molar-refractivity contribution is 0.313. The van der Waals surface area contributed by atoms with Crippen molar-refractivity contribution in [1.82, 2.24) is 5.32 Å². The molecular formula is C25H45NO. The molecule has 0 unspecified atom stereocenters. The third-order valence-corrected chi connectivity index (χ3v) is 5.24. The van der Waals surface area contributed by atoms with Gasteiger partial charge in [0.15, 0.2) is 0 Å². The van der Waals surface area contributed by atoms with Crippen LogP contribution in [-0.2, 0) is 0 Å². The van der Waals surface area contributed by atoms with E-state index in [1.807, 2.05) is 12.1 Å². The summed E-state index contributed by atoms with van der Waals surface area (Å²) in [4.78, 5) is 0. The van der Waals surface area contributed by atoms with E-state index in [1.165, 1.54) is 95.5 Å². The second-order valence-electron chi connectivity index (χ2n) is 8.01. The minimum absolute atomic E-state index is 0.752. The highest BCUT2D eigenvalue weighted by atomic mass is 16.5. The Hall–Kier alpha value is -1.02. The van der Waals surface area contributed by atoms with Crippen molar-refractivity contribution in [3.63, 3.8) is 0 Å². The molecule has 0 spiro atoms. The molecule has 1 rings (SSSR count). The Morgan fingerprint density at radius 2 is 1.26 bits per heavy atom. The molecule has 0 aromatic heterocycles. The van der Waals surface area contributed by atoms with Gasteiger partial charge in [0.2, 0.25) is 0 Å². The summed E-state index contributed by atoms with van der Waals surface area (Å²) in [5.41, 5.74) is 1.25. The monoisotopic (exact) mass is 375 g/mol. The molecule has 0 aliphatic carbocycles. The highest BCUT2D eigenvalue weighted by Gasteiger charge is 1.96. The molecule has 0 amide bonds. The molecule has 0 heterocycles. The second kappa shape index (κ2) is 18.3. The van der Waals surface area contributed by atoms with Crippen LogP contribution in [0.25, 0.3) is 0 Å². The van der Waals surface area contributed by atoms with E-state index in [2.05, 4.69) is 31.3 Å². The highest BCUT2D eigenvalue weighted by Crippen LogP contribution is 2.13. The Kier molecular flexibility index (Phi) is 16.3. The first-order valence-electron chi connectivity index (χ1n) is 11.7. The first-order chi connectivity index (χ1) is 13.3. The summed E-state index contributed by atoms with van der Waals surface area (Å²) in [7, 11) is 0. The van der Waals surface area contributed by atoms with E-state index in [4.69, 9.17) is 4.74 Å². The fraction of sp³-hybridized carbons (Fsp3) is 0.760. The third-order valence-electron chi connectivity index (χ3n) is 5.24. The minimum Gasteiger partial charge on any atom is -0.492 e. The zero-order chi connectivity index (χ0) is 19.4. The van der Waals surface area contributed by atoms with E-state index in [0.29, 0.717) is 0 Å². The van der Waals surface area contributed by atoms with Gasteiger partial charge in [0.05, 0.1) is 0 Å². The van der Waals surface area contributed by atoms with Gasteiger partial charge >= 0.3 is 0 Å². The van der Waals surface area contributed by atoms with E-state index in [0.717, 1.165) is 25.4 Å². The lowest BCUT2D eigenvalue weighted by Crippen LogP contribution is -2.22. The molecule has 2 heteroatoms. The summed E-state index contributed by atoms with van der Waals surface area (Å²) in [5, 5.41) is 3.49. The first kappa shape index (κ1) is 24.0. The molecule has 0 atom stereocenters. The van der Waals surface area contributed by atoms with Crippen LogP contribution in [0.4, 0.5) is 0 Å². The molecule has 0 bridgehead atoms. The van der Waals surface area contributed by atoms with Crippen LogP contribution in [0.5, 0.6) is 5.75 Å². The number of hydrogen-bond acceptors (Lipinski definition) is 2. The molecule has 1 N–H and O–H groups in total. The molecule has 0 radical (unpaired) electrons. The predicted octanol–water partition coefficient (Wildman–Crippen LogP) is 7.44. The molecule has 1 aromatic rings. The maximum atomic E-state index is 5.75. The van der Waals surface area contributed by atoms with Crippen LogP contribution in [0, 0.1) is 6.92 Å². The largest absolute Gasteiger partial charge is 0.492 e. The van der Waals surface area contributed by atoms with Crippen molar-refractivity contribution in [3.8, 4) is 5.75 Å². The number of aryl methyl sites for hydroxylation is 1. The Labute approximate surface area is 169 Å². The van der Waals surface area contributed by atoms with Gasteiger partial charge in [-0.05, 0) is 37.6 Å². The topological polar surface area (TPSA) is 21.3 Å². The van der Waals surface area contributed by atoms with Crippen molar-refractivity contribution in [3.05, 3.63) is 29.8 Å². The van der Waals surface area contributed by atoms with Gasteiger partial charge in [-0.3, -0.25) is 0 Å². The van der Waals surface area contributed by atoms with Gasteiger partial charge in [0.1, 0.15) is 12.4 Å². The second-order valence-corrected chi connectivity index (χ2v) is 8.01. The third kappa shape index (κ3) is 15.7.